The van der Waals surface area contributed by atoms with E-state index in [1.807, 2.05) is 42.5 Å². The van der Waals surface area contributed by atoms with E-state index in [1.165, 1.54) is 0 Å². The zero-order valence-corrected chi connectivity index (χ0v) is 14.7. The monoisotopic (exact) mass is 344 g/mol. The molecule has 0 saturated heterocycles. The zero-order valence-electron chi connectivity index (χ0n) is 14.0. The normalized spacial score (nSPS) is 10.6. The molecule has 24 heavy (non-hydrogen) atoms. The van der Waals surface area contributed by atoms with Crippen LogP contribution in [0.4, 0.5) is 0 Å². The Labute approximate surface area is 148 Å². The van der Waals surface area contributed by atoms with Gasteiger partial charge >= 0.3 is 0 Å². The van der Waals surface area contributed by atoms with E-state index >= 15 is 0 Å². The van der Waals surface area contributed by atoms with Gasteiger partial charge in [0.2, 0.25) is 0 Å². The molecule has 0 aliphatic carbocycles. The van der Waals surface area contributed by atoms with Gasteiger partial charge in [0, 0.05) is 31.8 Å². The summed E-state index contributed by atoms with van der Waals surface area (Å²) in [5.41, 5.74) is 2.86. The topological polar surface area (TPSA) is 45.5 Å². The summed E-state index contributed by atoms with van der Waals surface area (Å²) in [4.78, 5) is 2.26. The lowest BCUT2D eigenvalue weighted by Gasteiger charge is -2.23. The van der Waals surface area contributed by atoms with Gasteiger partial charge in [0.05, 0.1) is 25.3 Å². The van der Waals surface area contributed by atoms with Gasteiger partial charge in [0.25, 0.3) is 0 Å². The molecule has 0 heterocycles. The first kappa shape index (κ1) is 18.3. The Bertz CT molecular complexity index is 696. The molecular formula is C19H21ClN2O2. The quantitative estimate of drug-likeness (QED) is 0.729. The van der Waals surface area contributed by atoms with Crippen molar-refractivity contribution in [3.8, 4) is 11.8 Å². The molecular weight excluding hydrogens is 324 g/mol. The summed E-state index contributed by atoms with van der Waals surface area (Å²) < 4.78 is 10.4. The van der Waals surface area contributed by atoms with Crippen molar-refractivity contribution in [2.75, 3.05) is 27.4 Å². The van der Waals surface area contributed by atoms with Crippen molar-refractivity contribution in [2.24, 2.45) is 0 Å². The molecule has 0 unspecified atom stereocenters. The van der Waals surface area contributed by atoms with Crippen LogP contribution in [-0.4, -0.2) is 32.3 Å². The van der Waals surface area contributed by atoms with Crippen molar-refractivity contribution in [1.82, 2.24) is 4.90 Å². The smallest absolute Gasteiger partial charge is 0.120 e. The van der Waals surface area contributed by atoms with E-state index in [0.29, 0.717) is 23.7 Å². The zero-order chi connectivity index (χ0) is 17.4. The average Bonchev–Trinajstić information content (AvgIpc) is 2.61. The number of benzene rings is 2. The lowest BCUT2D eigenvalue weighted by Crippen LogP contribution is -2.26. The summed E-state index contributed by atoms with van der Waals surface area (Å²) in [6, 6.07) is 15.5. The maximum Gasteiger partial charge on any atom is 0.120 e. The molecule has 0 aliphatic rings. The van der Waals surface area contributed by atoms with Gasteiger partial charge in [0.15, 0.2) is 0 Å². The summed E-state index contributed by atoms with van der Waals surface area (Å²) in [5.74, 6) is 0.749. The molecule has 0 saturated carbocycles. The van der Waals surface area contributed by atoms with Crippen LogP contribution >= 0.6 is 11.6 Å². The standard InChI is InChI=1S/C19H21ClN2O2/c1-23-10-9-22(13-16-5-3-15(12-21)4-6-16)14-17-7-8-18(24-2)11-19(17)20/h3-8,11H,9-10,13-14H2,1-2H3. The summed E-state index contributed by atoms with van der Waals surface area (Å²) in [7, 11) is 3.32. The van der Waals surface area contributed by atoms with Crippen LogP contribution in [-0.2, 0) is 17.8 Å². The Hall–Kier alpha value is -2.06. The van der Waals surface area contributed by atoms with Crippen LogP contribution in [0.1, 0.15) is 16.7 Å². The van der Waals surface area contributed by atoms with Crippen LogP contribution in [0.2, 0.25) is 5.02 Å². The van der Waals surface area contributed by atoms with Gasteiger partial charge in [-0.1, -0.05) is 29.8 Å². The van der Waals surface area contributed by atoms with Gasteiger partial charge in [0.1, 0.15) is 5.75 Å². The van der Waals surface area contributed by atoms with Crippen LogP contribution in [0, 0.1) is 11.3 Å². The maximum absolute atomic E-state index is 8.89. The summed E-state index contributed by atoms with van der Waals surface area (Å²) in [6.07, 6.45) is 0. The molecule has 0 bridgehead atoms. The number of nitriles is 1. The molecule has 0 atom stereocenters. The third-order valence-electron chi connectivity index (χ3n) is 3.76. The molecule has 0 spiro atoms. The molecule has 0 aliphatic heterocycles. The van der Waals surface area contributed by atoms with E-state index in [4.69, 9.17) is 26.3 Å². The first-order valence-electron chi connectivity index (χ1n) is 7.69. The highest BCUT2D eigenvalue weighted by Gasteiger charge is 2.10. The van der Waals surface area contributed by atoms with Crippen LogP contribution in [0.5, 0.6) is 5.75 Å². The molecule has 2 aromatic carbocycles. The third-order valence-corrected chi connectivity index (χ3v) is 4.11. The van der Waals surface area contributed by atoms with E-state index in [0.717, 1.165) is 30.0 Å². The molecule has 0 amide bonds. The number of hydrogen-bond donors (Lipinski definition) is 0. The van der Waals surface area contributed by atoms with Gasteiger partial charge in [-0.15, -0.1) is 0 Å². The fourth-order valence-electron chi connectivity index (χ4n) is 2.40. The van der Waals surface area contributed by atoms with Crippen molar-refractivity contribution >= 4 is 11.6 Å². The molecule has 0 radical (unpaired) electrons. The predicted octanol–water partition coefficient (Wildman–Crippen LogP) is 3.87. The molecule has 4 nitrogen and oxygen atoms in total. The summed E-state index contributed by atoms with van der Waals surface area (Å²) in [5, 5.41) is 9.58. The molecule has 5 heteroatoms. The van der Waals surface area contributed by atoms with E-state index in [1.54, 1.807) is 14.2 Å². The largest absolute Gasteiger partial charge is 0.497 e. The Morgan fingerprint density at radius 2 is 1.83 bits per heavy atom. The number of ether oxygens (including phenoxy) is 2. The fourth-order valence-corrected chi connectivity index (χ4v) is 2.63. The number of halogens is 1. The number of methoxy groups -OCH3 is 2. The van der Waals surface area contributed by atoms with Gasteiger partial charge in [-0.2, -0.15) is 5.26 Å². The lowest BCUT2D eigenvalue weighted by atomic mass is 10.1. The first-order chi connectivity index (χ1) is 11.7. The van der Waals surface area contributed by atoms with Gasteiger partial charge in [-0.3, -0.25) is 4.90 Å². The second-order valence-corrected chi connectivity index (χ2v) is 5.88. The van der Waals surface area contributed by atoms with Crippen LogP contribution < -0.4 is 4.74 Å². The van der Waals surface area contributed by atoms with Crippen LogP contribution in [0.15, 0.2) is 42.5 Å². The second kappa shape index (κ2) is 9.29. The Morgan fingerprint density at radius 1 is 1.08 bits per heavy atom. The number of hydrogen-bond acceptors (Lipinski definition) is 4. The molecule has 0 aromatic heterocycles. The Morgan fingerprint density at radius 3 is 2.42 bits per heavy atom. The van der Waals surface area contributed by atoms with Crippen molar-refractivity contribution in [3.63, 3.8) is 0 Å². The minimum Gasteiger partial charge on any atom is -0.497 e. The van der Waals surface area contributed by atoms with Crippen LogP contribution in [0.3, 0.4) is 0 Å². The molecule has 0 N–H and O–H groups in total. The second-order valence-electron chi connectivity index (χ2n) is 5.47. The highest BCUT2D eigenvalue weighted by molar-refractivity contribution is 6.31. The van der Waals surface area contributed by atoms with E-state index in [9.17, 15) is 0 Å². The minimum atomic E-state index is 0.643. The van der Waals surface area contributed by atoms with Crippen molar-refractivity contribution in [1.29, 1.82) is 5.26 Å². The number of nitrogens with zero attached hydrogens (tertiary/aromatic N) is 2. The van der Waals surface area contributed by atoms with Gasteiger partial charge in [-0.05, 0) is 35.4 Å². The molecule has 126 valence electrons. The van der Waals surface area contributed by atoms with E-state index in [2.05, 4.69) is 11.0 Å². The van der Waals surface area contributed by atoms with Crippen molar-refractivity contribution in [2.45, 2.75) is 13.1 Å². The lowest BCUT2D eigenvalue weighted by molar-refractivity contribution is 0.140. The van der Waals surface area contributed by atoms with Gasteiger partial charge in [-0.25, -0.2) is 0 Å². The SMILES string of the molecule is COCCN(Cc1ccc(C#N)cc1)Cc1ccc(OC)cc1Cl. The van der Waals surface area contributed by atoms with E-state index < -0.39 is 0 Å². The Kier molecular flexibility index (Phi) is 7.07. The van der Waals surface area contributed by atoms with Crippen molar-refractivity contribution < 1.29 is 9.47 Å². The number of rotatable bonds is 8. The highest BCUT2D eigenvalue weighted by atomic mass is 35.5. The molecule has 0 fully saturated rings. The van der Waals surface area contributed by atoms with Crippen LogP contribution in [0.25, 0.3) is 0 Å². The molecule has 2 rings (SSSR count). The summed E-state index contributed by atoms with van der Waals surface area (Å²) in [6.45, 7) is 2.91. The Balaban J connectivity index is 2.11. The molecule has 2 aromatic rings. The van der Waals surface area contributed by atoms with Gasteiger partial charge < -0.3 is 9.47 Å². The van der Waals surface area contributed by atoms with Crippen molar-refractivity contribution in [3.05, 3.63) is 64.2 Å². The fraction of sp³-hybridized carbons (Fsp3) is 0.316. The minimum absolute atomic E-state index is 0.643. The first-order valence-corrected chi connectivity index (χ1v) is 8.07. The highest BCUT2D eigenvalue weighted by Crippen LogP contribution is 2.24. The maximum atomic E-state index is 8.89. The summed E-state index contributed by atoms with van der Waals surface area (Å²) >= 11 is 6.35. The van der Waals surface area contributed by atoms with E-state index in [-0.39, 0.29) is 0 Å². The average molecular weight is 345 g/mol. The predicted molar refractivity (Wildman–Crippen MR) is 95.2 cm³/mol. The third kappa shape index (κ3) is 5.24.